The van der Waals surface area contributed by atoms with Crippen LogP contribution in [-0.2, 0) is 36.5 Å². The predicted octanol–water partition coefficient (Wildman–Crippen LogP) is 8.64. The van der Waals surface area contributed by atoms with Gasteiger partial charge in [0.1, 0.15) is 17.5 Å². The Morgan fingerprint density at radius 3 is 1.21 bits per heavy atom. The van der Waals surface area contributed by atoms with Crippen molar-refractivity contribution in [3.05, 3.63) is 122 Å². The Balaban J connectivity index is 1.05. The molecule has 302 valence electrons. The first-order valence-electron chi connectivity index (χ1n) is 18.6. The van der Waals surface area contributed by atoms with Crippen molar-refractivity contribution >= 4 is 87.9 Å². The smallest absolute Gasteiger partial charge is 0.226 e. The van der Waals surface area contributed by atoms with E-state index in [-0.39, 0.29) is 5.95 Å². The van der Waals surface area contributed by atoms with Crippen LogP contribution in [0.2, 0.25) is 15.1 Å². The number of rotatable bonds is 22. The molecule has 19 heteroatoms. The summed E-state index contributed by atoms with van der Waals surface area (Å²) in [6, 6.07) is 23.2. The summed E-state index contributed by atoms with van der Waals surface area (Å²) in [5, 5.41) is 10.7. The number of benzene rings is 3. The first kappa shape index (κ1) is 43.5. The Hall–Kier alpha value is -4.03. The van der Waals surface area contributed by atoms with Gasteiger partial charge in [0.25, 0.3) is 0 Å². The SMILES string of the molecule is NCCCc1nc(NCCCc2nc(NCCCc3nc(N)nc(SCc4ccc(Cl)cc4)n3)nc(SCc3ccc(Cl)cc3)n2)nc(SCc2ccc(Cl)cc2)n1. The fraction of sp³-hybridized carbons (Fsp3) is 0.308. The molecule has 6 aromatic rings. The Kier molecular flexibility index (Phi) is 17.2. The minimum Gasteiger partial charge on any atom is -0.368 e. The molecule has 0 radical (unpaired) electrons. The van der Waals surface area contributed by atoms with Crippen LogP contribution in [0.25, 0.3) is 0 Å². The van der Waals surface area contributed by atoms with Gasteiger partial charge in [-0.1, -0.05) is 106 Å². The van der Waals surface area contributed by atoms with E-state index in [1.807, 2.05) is 72.8 Å². The molecule has 0 aliphatic rings. The van der Waals surface area contributed by atoms with Gasteiger partial charge in [-0.25, -0.2) is 15.0 Å². The van der Waals surface area contributed by atoms with Crippen molar-refractivity contribution in [1.29, 1.82) is 0 Å². The van der Waals surface area contributed by atoms with E-state index in [0.29, 0.717) is 116 Å². The Morgan fingerprint density at radius 2 is 0.810 bits per heavy atom. The summed E-state index contributed by atoms with van der Waals surface area (Å²) < 4.78 is 0. The molecular weight excluding hydrogens is 853 g/mol. The first-order chi connectivity index (χ1) is 28.3. The standard InChI is InChI=1S/C39H42Cl3N13S3/c40-28-13-7-25(8-14-28)22-56-37-50-31(47-34(44)53-37)5-2-20-45-36-49-33(52-39(55-36)58-24-27-11-17-30(42)18-12-27)6-3-21-46-35-48-32(4-1-19-43)51-38(54-35)57-23-26-9-15-29(41)16-10-26/h7-18H,1-6,19-24,43H2,(H2,44,47,50,53)(H,45,49,52,55)(H,46,48,51,54). The van der Waals surface area contributed by atoms with Crippen LogP contribution in [0.15, 0.2) is 88.3 Å². The normalized spacial score (nSPS) is 11.2. The highest BCUT2D eigenvalue weighted by molar-refractivity contribution is 7.98. The molecule has 6 N–H and O–H groups in total. The minimum absolute atomic E-state index is 0.200. The number of hydrogen-bond donors (Lipinski definition) is 4. The number of nitrogens with one attached hydrogen (secondary N) is 2. The average Bonchev–Trinajstić information content (AvgIpc) is 3.22. The molecule has 0 bridgehead atoms. The van der Waals surface area contributed by atoms with Gasteiger partial charge in [0.2, 0.25) is 17.8 Å². The third-order valence-electron chi connectivity index (χ3n) is 8.17. The van der Waals surface area contributed by atoms with Crippen molar-refractivity contribution in [3.63, 3.8) is 0 Å². The predicted molar refractivity (Wildman–Crippen MR) is 238 cm³/mol. The van der Waals surface area contributed by atoms with Crippen molar-refractivity contribution in [2.24, 2.45) is 5.73 Å². The van der Waals surface area contributed by atoms with Crippen LogP contribution in [0, 0.1) is 0 Å². The molecule has 6 rings (SSSR count). The number of nitrogens with two attached hydrogens (primary N) is 2. The Bertz CT molecular complexity index is 2200. The van der Waals surface area contributed by atoms with Crippen LogP contribution in [0.5, 0.6) is 0 Å². The van der Waals surface area contributed by atoms with Crippen molar-refractivity contribution in [2.45, 2.75) is 71.3 Å². The second-order valence-electron chi connectivity index (χ2n) is 12.8. The lowest BCUT2D eigenvalue weighted by Crippen LogP contribution is -2.13. The summed E-state index contributed by atoms with van der Waals surface area (Å²) in [5.41, 5.74) is 15.2. The maximum absolute atomic E-state index is 6.11. The second kappa shape index (κ2) is 22.9. The topological polar surface area (TPSA) is 192 Å². The molecule has 0 fully saturated rings. The zero-order valence-electron chi connectivity index (χ0n) is 31.5. The number of aryl methyl sites for hydroxylation is 3. The van der Waals surface area contributed by atoms with Crippen molar-refractivity contribution in [3.8, 4) is 0 Å². The zero-order valence-corrected chi connectivity index (χ0v) is 36.2. The lowest BCUT2D eigenvalue weighted by atomic mass is 10.2. The van der Waals surface area contributed by atoms with Gasteiger partial charge in [0.15, 0.2) is 15.5 Å². The molecular formula is C39H42Cl3N13S3. The molecule has 0 atom stereocenters. The van der Waals surface area contributed by atoms with E-state index in [2.05, 4.69) is 40.5 Å². The van der Waals surface area contributed by atoms with Crippen LogP contribution in [0.1, 0.15) is 53.4 Å². The summed E-state index contributed by atoms with van der Waals surface area (Å²) in [5.74, 6) is 5.36. The van der Waals surface area contributed by atoms with Crippen LogP contribution in [0.3, 0.4) is 0 Å². The van der Waals surface area contributed by atoms with Gasteiger partial charge in [-0.2, -0.15) is 29.9 Å². The quantitative estimate of drug-likeness (QED) is 0.0374. The number of nitrogen functional groups attached to an aromatic ring is 1. The minimum atomic E-state index is 0.200. The number of nitrogens with zero attached hydrogens (tertiary/aromatic N) is 9. The molecule has 0 saturated heterocycles. The number of anilines is 3. The van der Waals surface area contributed by atoms with E-state index in [1.54, 1.807) is 23.5 Å². The lowest BCUT2D eigenvalue weighted by Gasteiger charge is -2.11. The first-order valence-corrected chi connectivity index (χ1v) is 22.7. The molecule has 0 amide bonds. The maximum Gasteiger partial charge on any atom is 0.226 e. The number of halogens is 3. The van der Waals surface area contributed by atoms with Gasteiger partial charge in [-0.3, -0.25) is 0 Å². The van der Waals surface area contributed by atoms with Gasteiger partial charge in [0, 0.05) is 64.7 Å². The maximum atomic E-state index is 6.11. The average molecular weight is 895 g/mol. The van der Waals surface area contributed by atoms with Crippen molar-refractivity contribution in [2.75, 3.05) is 36.0 Å². The highest BCUT2D eigenvalue weighted by Gasteiger charge is 2.12. The van der Waals surface area contributed by atoms with Crippen molar-refractivity contribution in [1.82, 2.24) is 44.9 Å². The van der Waals surface area contributed by atoms with Crippen LogP contribution >= 0.6 is 70.1 Å². The molecule has 3 aromatic heterocycles. The van der Waals surface area contributed by atoms with E-state index >= 15 is 0 Å². The lowest BCUT2D eigenvalue weighted by molar-refractivity contribution is 0.725. The molecule has 3 aromatic carbocycles. The monoisotopic (exact) mass is 893 g/mol. The molecule has 0 unspecified atom stereocenters. The van der Waals surface area contributed by atoms with Crippen LogP contribution in [0.4, 0.5) is 17.8 Å². The fourth-order valence-corrected chi connectivity index (χ4v) is 8.05. The molecule has 0 saturated carbocycles. The summed E-state index contributed by atoms with van der Waals surface area (Å²) >= 11 is 22.8. The molecule has 3 heterocycles. The molecule has 58 heavy (non-hydrogen) atoms. The third kappa shape index (κ3) is 15.0. The van der Waals surface area contributed by atoms with Crippen LogP contribution < -0.4 is 22.1 Å². The van der Waals surface area contributed by atoms with E-state index in [1.165, 1.54) is 11.8 Å². The highest BCUT2D eigenvalue weighted by Crippen LogP contribution is 2.25. The zero-order chi connectivity index (χ0) is 40.5. The van der Waals surface area contributed by atoms with Gasteiger partial charge in [-0.05, 0) is 78.9 Å². The molecule has 0 spiro atoms. The molecule has 13 nitrogen and oxygen atoms in total. The fourth-order valence-electron chi connectivity index (χ4n) is 5.24. The summed E-state index contributed by atoms with van der Waals surface area (Å²) in [6.45, 7) is 1.76. The van der Waals surface area contributed by atoms with E-state index in [9.17, 15) is 0 Å². The Labute approximate surface area is 365 Å². The third-order valence-corrected chi connectivity index (χ3v) is 11.7. The Morgan fingerprint density at radius 1 is 0.448 bits per heavy atom. The van der Waals surface area contributed by atoms with E-state index in [4.69, 9.17) is 61.2 Å². The number of aromatic nitrogens is 9. The second-order valence-corrected chi connectivity index (χ2v) is 16.9. The van der Waals surface area contributed by atoms with Gasteiger partial charge in [-0.15, -0.1) is 0 Å². The number of thioether (sulfide) groups is 3. The van der Waals surface area contributed by atoms with E-state index < -0.39 is 0 Å². The highest BCUT2D eigenvalue weighted by atomic mass is 35.5. The van der Waals surface area contributed by atoms with Crippen LogP contribution in [-0.4, -0.2) is 64.5 Å². The summed E-state index contributed by atoms with van der Waals surface area (Å²) in [4.78, 5) is 41.6. The van der Waals surface area contributed by atoms with Gasteiger partial charge in [0.05, 0.1) is 0 Å². The number of hydrogen-bond acceptors (Lipinski definition) is 16. The largest absolute Gasteiger partial charge is 0.368 e. The summed E-state index contributed by atoms with van der Waals surface area (Å²) in [6.07, 6.45) is 4.14. The summed E-state index contributed by atoms with van der Waals surface area (Å²) in [7, 11) is 0. The molecule has 0 aliphatic heterocycles. The van der Waals surface area contributed by atoms with E-state index in [0.717, 1.165) is 36.0 Å². The van der Waals surface area contributed by atoms with Gasteiger partial charge < -0.3 is 22.1 Å². The van der Waals surface area contributed by atoms with Crippen molar-refractivity contribution < 1.29 is 0 Å². The molecule has 0 aliphatic carbocycles. The van der Waals surface area contributed by atoms with Gasteiger partial charge >= 0.3 is 0 Å².